The van der Waals surface area contributed by atoms with Crippen LogP contribution in [0.15, 0.2) is 35.5 Å². The second-order valence-corrected chi connectivity index (χ2v) is 6.62. The van der Waals surface area contributed by atoms with Crippen molar-refractivity contribution in [3.8, 4) is 0 Å². The molecule has 1 atom stereocenters. The number of nitrogens with one attached hydrogen (secondary N) is 1. The standard InChI is InChI=1S/C17H25N3S/c1-5-8-18-17(12-21-15-10-19-20(4)11-15)16-9-13(2)6-7-14(16)3/h6-7,9-11,17-18H,5,8,12H2,1-4H3. The Hall–Kier alpha value is -1.26. The van der Waals surface area contributed by atoms with Crippen LogP contribution < -0.4 is 5.32 Å². The number of aromatic nitrogens is 2. The van der Waals surface area contributed by atoms with Gasteiger partial charge < -0.3 is 5.32 Å². The zero-order chi connectivity index (χ0) is 15.2. The van der Waals surface area contributed by atoms with Crippen LogP contribution in [0, 0.1) is 13.8 Å². The van der Waals surface area contributed by atoms with Crippen LogP contribution >= 0.6 is 11.8 Å². The molecule has 0 fully saturated rings. The quantitative estimate of drug-likeness (QED) is 0.788. The molecule has 0 radical (unpaired) electrons. The van der Waals surface area contributed by atoms with Gasteiger partial charge in [-0.15, -0.1) is 11.8 Å². The molecule has 114 valence electrons. The maximum absolute atomic E-state index is 4.24. The Bertz CT molecular complexity index is 577. The van der Waals surface area contributed by atoms with Gasteiger partial charge >= 0.3 is 0 Å². The Labute approximate surface area is 132 Å². The van der Waals surface area contributed by atoms with Gasteiger partial charge in [-0.2, -0.15) is 5.10 Å². The number of benzene rings is 1. The molecule has 0 aliphatic rings. The summed E-state index contributed by atoms with van der Waals surface area (Å²) in [5, 5.41) is 7.92. The van der Waals surface area contributed by atoms with Crippen LogP contribution in [0.4, 0.5) is 0 Å². The molecule has 0 aliphatic heterocycles. The van der Waals surface area contributed by atoms with Gasteiger partial charge in [0.15, 0.2) is 0 Å². The summed E-state index contributed by atoms with van der Waals surface area (Å²) < 4.78 is 1.86. The van der Waals surface area contributed by atoms with Gasteiger partial charge in [-0.05, 0) is 37.9 Å². The zero-order valence-electron chi connectivity index (χ0n) is 13.4. The molecule has 0 amide bonds. The van der Waals surface area contributed by atoms with E-state index in [0.717, 1.165) is 18.7 Å². The van der Waals surface area contributed by atoms with Crippen LogP contribution in [0.5, 0.6) is 0 Å². The predicted molar refractivity (Wildman–Crippen MR) is 90.9 cm³/mol. The minimum absolute atomic E-state index is 0.384. The first-order valence-electron chi connectivity index (χ1n) is 7.52. The van der Waals surface area contributed by atoms with Gasteiger partial charge in [0.25, 0.3) is 0 Å². The summed E-state index contributed by atoms with van der Waals surface area (Å²) in [7, 11) is 1.96. The molecule has 0 saturated carbocycles. The van der Waals surface area contributed by atoms with E-state index in [2.05, 4.69) is 55.6 Å². The lowest BCUT2D eigenvalue weighted by atomic mass is 10.00. The summed E-state index contributed by atoms with van der Waals surface area (Å²) in [5.74, 6) is 1.02. The average Bonchev–Trinajstić information content (AvgIpc) is 2.88. The fourth-order valence-corrected chi connectivity index (χ4v) is 3.37. The second kappa shape index (κ2) is 7.66. The topological polar surface area (TPSA) is 29.9 Å². The maximum atomic E-state index is 4.24. The second-order valence-electron chi connectivity index (χ2n) is 5.53. The smallest absolute Gasteiger partial charge is 0.0625 e. The van der Waals surface area contributed by atoms with Crippen molar-refractivity contribution >= 4 is 11.8 Å². The Balaban J connectivity index is 2.11. The Morgan fingerprint density at radius 3 is 2.81 bits per heavy atom. The molecule has 0 spiro atoms. The Morgan fingerprint density at radius 2 is 2.14 bits per heavy atom. The summed E-state index contributed by atoms with van der Waals surface area (Å²) in [6, 6.07) is 7.10. The van der Waals surface area contributed by atoms with Crippen molar-refractivity contribution in [1.82, 2.24) is 15.1 Å². The van der Waals surface area contributed by atoms with E-state index in [-0.39, 0.29) is 0 Å². The van der Waals surface area contributed by atoms with Crippen LogP contribution in [0.25, 0.3) is 0 Å². The average molecular weight is 303 g/mol. The highest BCUT2D eigenvalue weighted by atomic mass is 32.2. The van der Waals surface area contributed by atoms with Crippen molar-refractivity contribution in [2.24, 2.45) is 7.05 Å². The summed E-state index contributed by atoms with van der Waals surface area (Å²) in [6.07, 6.45) is 5.16. The minimum atomic E-state index is 0.384. The summed E-state index contributed by atoms with van der Waals surface area (Å²) in [4.78, 5) is 1.23. The van der Waals surface area contributed by atoms with Crippen molar-refractivity contribution in [2.45, 2.75) is 38.1 Å². The van der Waals surface area contributed by atoms with Crippen molar-refractivity contribution in [2.75, 3.05) is 12.3 Å². The fraction of sp³-hybridized carbons (Fsp3) is 0.471. The highest BCUT2D eigenvalue weighted by molar-refractivity contribution is 7.99. The molecule has 1 aromatic carbocycles. The van der Waals surface area contributed by atoms with Crippen molar-refractivity contribution in [3.63, 3.8) is 0 Å². The summed E-state index contributed by atoms with van der Waals surface area (Å²) in [6.45, 7) is 7.62. The predicted octanol–water partition coefficient (Wildman–Crippen LogP) is 3.87. The highest BCUT2D eigenvalue weighted by Crippen LogP contribution is 2.27. The number of aryl methyl sites for hydroxylation is 3. The van der Waals surface area contributed by atoms with Crippen molar-refractivity contribution < 1.29 is 0 Å². The summed E-state index contributed by atoms with van der Waals surface area (Å²) in [5.41, 5.74) is 4.10. The minimum Gasteiger partial charge on any atom is -0.309 e. The van der Waals surface area contributed by atoms with Gasteiger partial charge in [-0.3, -0.25) is 4.68 Å². The molecule has 0 bridgehead atoms. The molecule has 1 N–H and O–H groups in total. The van der Waals surface area contributed by atoms with E-state index in [0.29, 0.717) is 6.04 Å². The van der Waals surface area contributed by atoms with E-state index in [9.17, 15) is 0 Å². The van der Waals surface area contributed by atoms with Crippen LogP contribution in [-0.4, -0.2) is 22.1 Å². The van der Waals surface area contributed by atoms with E-state index < -0.39 is 0 Å². The third-order valence-corrected chi connectivity index (χ3v) is 4.59. The first-order valence-corrected chi connectivity index (χ1v) is 8.50. The molecule has 1 aromatic heterocycles. The molecule has 1 heterocycles. The molecule has 3 nitrogen and oxygen atoms in total. The normalized spacial score (nSPS) is 12.6. The first-order chi connectivity index (χ1) is 10.1. The van der Waals surface area contributed by atoms with Crippen LogP contribution in [0.3, 0.4) is 0 Å². The third-order valence-electron chi connectivity index (χ3n) is 3.55. The Morgan fingerprint density at radius 1 is 1.33 bits per heavy atom. The van der Waals surface area contributed by atoms with Gasteiger partial charge in [0.05, 0.1) is 6.20 Å². The summed E-state index contributed by atoms with van der Waals surface area (Å²) >= 11 is 1.86. The number of hydrogen-bond acceptors (Lipinski definition) is 3. The molecule has 0 aliphatic carbocycles. The van der Waals surface area contributed by atoms with Gasteiger partial charge in [-0.25, -0.2) is 0 Å². The van der Waals surface area contributed by atoms with Gasteiger partial charge in [0, 0.05) is 29.9 Å². The molecule has 0 saturated heterocycles. The van der Waals surface area contributed by atoms with Gasteiger partial charge in [0.2, 0.25) is 0 Å². The molecule has 2 aromatic rings. The lowest BCUT2D eigenvalue weighted by Gasteiger charge is -2.21. The lowest BCUT2D eigenvalue weighted by Crippen LogP contribution is -2.25. The van der Waals surface area contributed by atoms with Gasteiger partial charge in [0.1, 0.15) is 0 Å². The molecule has 4 heteroatoms. The largest absolute Gasteiger partial charge is 0.309 e. The fourth-order valence-electron chi connectivity index (χ4n) is 2.37. The Kier molecular flexibility index (Phi) is 5.88. The monoisotopic (exact) mass is 303 g/mol. The van der Waals surface area contributed by atoms with E-state index in [1.54, 1.807) is 0 Å². The van der Waals surface area contributed by atoms with E-state index >= 15 is 0 Å². The molecule has 1 unspecified atom stereocenters. The van der Waals surface area contributed by atoms with Crippen molar-refractivity contribution in [3.05, 3.63) is 47.3 Å². The maximum Gasteiger partial charge on any atom is 0.0625 e. The van der Waals surface area contributed by atoms with E-state index in [1.165, 1.54) is 21.6 Å². The SMILES string of the molecule is CCCNC(CSc1cnn(C)c1)c1cc(C)ccc1C. The first kappa shape index (κ1) is 16.1. The van der Waals surface area contributed by atoms with Gasteiger partial charge in [-0.1, -0.05) is 30.7 Å². The van der Waals surface area contributed by atoms with E-state index in [1.807, 2.05) is 29.7 Å². The van der Waals surface area contributed by atoms with Crippen LogP contribution in [-0.2, 0) is 7.05 Å². The molecular weight excluding hydrogens is 278 g/mol. The molecular formula is C17H25N3S. The van der Waals surface area contributed by atoms with Crippen LogP contribution in [0.2, 0.25) is 0 Å². The number of hydrogen-bond donors (Lipinski definition) is 1. The van der Waals surface area contributed by atoms with E-state index in [4.69, 9.17) is 0 Å². The third kappa shape index (κ3) is 4.61. The highest BCUT2D eigenvalue weighted by Gasteiger charge is 2.14. The van der Waals surface area contributed by atoms with Crippen molar-refractivity contribution in [1.29, 1.82) is 0 Å². The molecule has 2 rings (SSSR count). The molecule has 21 heavy (non-hydrogen) atoms. The number of thioether (sulfide) groups is 1. The number of nitrogens with zero attached hydrogens (tertiary/aromatic N) is 2. The lowest BCUT2D eigenvalue weighted by molar-refractivity contribution is 0.575. The zero-order valence-corrected chi connectivity index (χ0v) is 14.2. The van der Waals surface area contributed by atoms with Crippen LogP contribution in [0.1, 0.15) is 36.1 Å². The number of rotatable bonds is 7.